The molecule has 2 heterocycles. The van der Waals surface area contributed by atoms with Crippen LogP contribution in [0, 0.1) is 11.8 Å². The van der Waals surface area contributed by atoms with Gasteiger partial charge in [0.2, 0.25) is 5.91 Å². The molecule has 2 N–H and O–H groups in total. The number of nitrogens with zero attached hydrogens (tertiary/aromatic N) is 2. The lowest BCUT2D eigenvalue weighted by atomic mass is 9.84. The van der Waals surface area contributed by atoms with Gasteiger partial charge in [-0.05, 0) is 55.4 Å². The Morgan fingerprint density at radius 3 is 2.73 bits per heavy atom. The Morgan fingerprint density at radius 1 is 1.15 bits per heavy atom. The number of rotatable bonds is 4. The van der Waals surface area contributed by atoms with Crippen LogP contribution in [0.3, 0.4) is 0 Å². The summed E-state index contributed by atoms with van der Waals surface area (Å²) in [5.74, 6) is 0.824. The van der Waals surface area contributed by atoms with Gasteiger partial charge in [-0.2, -0.15) is 0 Å². The second kappa shape index (κ2) is 7.65. The molecule has 4 nitrogen and oxygen atoms in total. The van der Waals surface area contributed by atoms with Crippen molar-refractivity contribution >= 4 is 11.5 Å². The first-order chi connectivity index (χ1) is 12.7. The van der Waals surface area contributed by atoms with Gasteiger partial charge in [0.05, 0.1) is 0 Å². The first-order valence-corrected chi connectivity index (χ1v) is 10.1. The molecule has 2 aliphatic carbocycles. The van der Waals surface area contributed by atoms with Crippen molar-refractivity contribution < 1.29 is 4.79 Å². The molecule has 138 valence electrons. The number of allylic oxidation sites excluding steroid dienone is 4. The summed E-state index contributed by atoms with van der Waals surface area (Å²) in [6, 6.07) is 4.51. The van der Waals surface area contributed by atoms with Crippen molar-refractivity contribution in [3.05, 3.63) is 47.9 Å². The fourth-order valence-corrected chi connectivity index (χ4v) is 4.81. The topological polar surface area (TPSA) is 59.2 Å². The van der Waals surface area contributed by atoms with E-state index in [-0.39, 0.29) is 11.8 Å². The molecule has 2 fully saturated rings. The second-order valence-electron chi connectivity index (χ2n) is 8.02. The second-order valence-corrected chi connectivity index (χ2v) is 8.02. The number of aromatic nitrogens is 1. The van der Waals surface area contributed by atoms with Crippen LogP contribution in [-0.2, 0) is 4.79 Å². The van der Waals surface area contributed by atoms with Crippen LogP contribution in [0.15, 0.2) is 42.4 Å². The zero-order valence-corrected chi connectivity index (χ0v) is 15.4. The maximum atomic E-state index is 12.9. The van der Waals surface area contributed by atoms with Gasteiger partial charge in [-0.15, -0.1) is 0 Å². The van der Waals surface area contributed by atoms with Crippen LogP contribution < -0.4 is 5.73 Å². The Bertz CT molecular complexity index is 703. The lowest BCUT2D eigenvalue weighted by Crippen LogP contribution is -2.39. The summed E-state index contributed by atoms with van der Waals surface area (Å²) in [5, 5.41) is 0. The lowest BCUT2D eigenvalue weighted by molar-refractivity contribution is -0.133. The molecule has 0 aromatic carbocycles. The normalized spacial score (nSPS) is 27.4. The molecular formula is C22H29N3O. The molecule has 1 aliphatic heterocycles. The summed E-state index contributed by atoms with van der Waals surface area (Å²) in [6.07, 6.45) is 17.1. The molecule has 1 saturated carbocycles. The lowest BCUT2D eigenvalue weighted by Gasteiger charge is -2.31. The smallest absolute Gasteiger partial charge is 0.226 e. The quantitative estimate of drug-likeness (QED) is 0.895. The summed E-state index contributed by atoms with van der Waals surface area (Å²) >= 11 is 0. The highest BCUT2D eigenvalue weighted by molar-refractivity contribution is 5.81. The van der Waals surface area contributed by atoms with E-state index in [2.05, 4.69) is 28.1 Å². The van der Waals surface area contributed by atoms with E-state index in [0.29, 0.717) is 11.9 Å². The van der Waals surface area contributed by atoms with E-state index in [0.717, 1.165) is 42.6 Å². The molecular weight excluding hydrogens is 322 g/mol. The Labute approximate surface area is 156 Å². The minimum absolute atomic E-state index is 0.155. The van der Waals surface area contributed by atoms with Gasteiger partial charge < -0.3 is 10.6 Å². The van der Waals surface area contributed by atoms with Crippen molar-refractivity contribution in [2.75, 3.05) is 6.54 Å². The van der Waals surface area contributed by atoms with Gasteiger partial charge in [0.1, 0.15) is 0 Å². The number of amides is 1. The molecule has 4 heteroatoms. The Hall–Kier alpha value is -2.10. The summed E-state index contributed by atoms with van der Waals surface area (Å²) in [5.41, 5.74) is 9.55. The average molecular weight is 351 g/mol. The van der Waals surface area contributed by atoms with E-state index in [1.165, 1.54) is 32.1 Å². The van der Waals surface area contributed by atoms with Gasteiger partial charge in [0, 0.05) is 42.5 Å². The first-order valence-electron chi connectivity index (χ1n) is 10.1. The third-order valence-corrected chi connectivity index (χ3v) is 6.35. The minimum atomic E-state index is 0.155. The SMILES string of the molecule is NC1=CC(c2cccnc2)=CCC1CC1CCN(C2CCCCC2)C1=O. The molecule has 1 saturated heterocycles. The van der Waals surface area contributed by atoms with Crippen molar-refractivity contribution in [1.82, 2.24) is 9.88 Å². The van der Waals surface area contributed by atoms with Crippen LogP contribution in [0.5, 0.6) is 0 Å². The molecule has 0 spiro atoms. The zero-order chi connectivity index (χ0) is 17.9. The van der Waals surface area contributed by atoms with E-state index < -0.39 is 0 Å². The largest absolute Gasteiger partial charge is 0.402 e. The molecule has 3 aliphatic rings. The third-order valence-electron chi connectivity index (χ3n) is 6.35. The number of hydrogen-bond donors (Lipinski definition) is 1. The van der Waals surface area contributed by atoms with Crippen molar-refractivity contribution in [2.24, 2.45) is 17.6 Å². The number of carbonyl (C=O) groups excluding carboxylic acids is 1. The number of nitrogens with two attached hydrogens (primary N) is 1. The predicted octanol–water partition coefficient (Wildman–Crippen LogP) is 3.90. The van der Waals surface area contributed by atoms with Gasteiger partial charge in [-0.1, -0.05) is 31.4 Å². The predicted molar refractivity (Wildman–Crippen MR) is 104 cm³/mol. The summed E-state index contributed by atoms with van der Waals surface area (Å²) in [6.45, 7) is 0.946. The summed E-state index contributed by atoms with van der Waals surface area (Å²) in [4.78, 5) is 19.3. The monoisotopic (exact) mass is 351 g/mol. The third kappa shape index (κ3) is 3.55. The standard InChI is InChI=1S/C22H29N3O/c23-21-14-16(19-5-4-11-24-15-19)8-9-17(21)13-18-10-12-25(22(18)26)20-6-2-1-3-7-20/h4-5,8,11,14-15,17-18,20H,1-3,6-7,9-10,12-13,23H2. The molecule has 0 radical (unpaired) electrons. The van der Waals surface area contributed by atoms with E-state index in [9.17, 15) is 4.79 Å². The number of carbonyl (C=O) groups is 1. The Balaban J connectivity index is 1.37. The van der Waals surface area contributed by atoms with E-state index in [1.807, 2.05) is 12.3 Å². The fourth-order valence-electron chi connectivity index (χ4n) is 4.81. The molecule has 2 unspecified atom stereocenters. The van der Waals surface area contributed by atoms with Gasteiger partial charge in [-0.25, -0.2) is 0 Å². The van der Waals surface area contributed by atoms with E-state index in [4.69, 9.17) is 5.73 Å². The van der Waals surface area contributed by atoms with Crippen LogP contribution in [-0.4, -0.2) is 28.4 Å². The number of pyridine rings is 1. The van der Waals surface area contributed by atoms with E-state index in [1.54, 1.807) is 6.20 Å². The molecule has 0 bridgehead atoms. The molecule has 26 heavy (non-hydrogen) atoms. The molecule has 1 aromatic heterocycles. The van der Waals surface area contributed by atoms with E-state index >= 15 is 0 Å². The highest BCUT2D eigenvalue weighted by Gasteiger charge is 2.37. The fraction of sp³-hybridized carbons (Fsp3) is 0.545. The summed E-state index contributed by atoms with van der Waals surface area (Å²) < 4.78 is 0. The van der Waals surface area contributed by atoms with Crippen LogP contribution in [0.4, 0.5) is 0 Å². The van der Waals surface area contributed by atoms with Gasteiger partial charge in [-0.3, -0.25) is 9.78 Å². The minimum Gasteiger partial charge on any atom is -0.402 e. The average Bonchev–Trinajstić information content (AvgIpc) is 3.05. The van der Waals surface area contributed by atoms with Crippen molar-refractivity contribution in [1.29, 1.82) is 0 Å². The van der Waals surface area contributed by atoms with Crippen molar-refractivity contribution in [3.8, 4) is 0 Å². The van der Waals surface area contributed by atoms with Crippen LogP contribution in [0.25, 0.3) is 5.57 Å². The Kier molecular flexibility index (Phi) is 5.09. The van der Waals surface area contributed by atoms with Crippen molar-refractivity contribution in [2.45, 2.75) is 57.4 Å². The molecule has 1 aromatic rings. The Morgan fingerprint density at radius 2 is 2.00 bits per heavy atom. The first kappa shape index (κ1) is 17.3. The van der Waals surface area contributed by atoms with Gasteiger partial charge in [0.15, 0.2) is 0 Å². The number of likely N-dealkylation sites (tertiary alicyclic amines) is 1. The highest BCUT2D eigenvalue weighted by Crippen LogP contribution is 2.36. The molecule has 2 atom stereocenters. The van der Waals surface area contributed by atoms with Crippen LogP contribution >= 0.6 is 0 Å². The number of hydrogen-bond acceptors (Lipinski definition) is 3. The zero-order valence-electron chi connectivity index (χ0n) is 15.4. The van der Waals surface area contributed by atoms with Crippen LogP contribution in [0.2, 0.25) is 0 Å². The maximum absolute atomic E-state index is 12.9. The molecule has 1 amide bonds. The van der Waals surface area contributed by atoms with Crippen LogP contribution in [0.1, 0.15) is 56.9 Å². The molecule has 4 rings (SSSR count). The highest BCUT2D eigenvalue weighted by atomic mass is 16.2. The van der Waals surface area contributed by atoms with Gasteiger partial charge >= 0.3 is 0 Å². The summed E-state index contributed by atoms with van der Waals surface area (Å²) in [7, 11) is 0. The maximum Gasteiger partial charge on any atom is 0.226 e. The van der Waals surface area contributed by atoms with Gasteiger partial charge in [0.25, 0.3) is 0 Å². The van der Waals surface area contributed by atoms with Crippen molar-refractivity contribution in [3.63, 3.8) is 0 Å².